The molecule has 0 aliphatic carbocycles. The summed E-state index contributed by atoms with van der Waals surface area (Å²) in [7, 11) is 0. The number of carbonyl (C=O) groups is 4. The van der Waals surface area contributed by atoms with E-state index in [0.29, 0.717) is 0 Å². The molecule has 0 heterocycles. The third-order valence-corrected chi connectivity index (χ3v) is 0.800. The van der Waals surface area contributed by atoms with E-state index in [2.05, 4.69) is 0 Å². The van der Waals surface area contributed by atoms with Crippen molar-refractivity contribution in [1.82, 2.24) is 0 Å². The van der Waals surface area contributed by atoms with Crippen LogP contribution in [0.3, 0.4) is 0 Å². The van der Waals surface area contributed by atoms with Crippen LogP contribution in [0.2, 0.25) is 0 Å². The van der Waals surface area contributed by atoms with E-state index in [0.717, 1.165) is 0 Å². The number of aliphatic carboxylic acids is 2. The predicted molar refractivity (Wildman–Crippen MR) is 61.6 cm³/mol. The number of hydrogen-bond acceptors (Lipinski definition) is 4. The van der Waals surface area contributed by atoms with Gasteiger partial charge in [0.2, 0.25) is 0 Å². The normalized spacial score (nSPS) is 6.71. The van der Waals surface area contributed by atoms with Crippen molar-refractivity contribution in [2.75, 3.05) is 0 Å². The summed E-state index contributed by atoms with van der Waals surface area (Å²) in [6.07, 6.45) is -0.722. The van der Waals surface area contributed by atoms with Crippen molar-refractivity contribution in [2.45, 2.75) is 26.7 Å². The van der Waals surface area contributed by atoms with Crippen LogP contribution < -0.4 is 0 Å². The number of carbonyl (C=O) groups excluding carboxylic acids is 2. The fourth-order valence-electron chi connectivity index (χ4n) is 0.426. The minimum absolute atomic E-state index is 0. The molecule has 0 amide bonds. The molecule has 0 spiro atoms. The Labute approximate surface area is 128 Å². The Morgan fingerprint density at radius 3 is 0.941 bits per heavy atom. The molecule has 9 heteroatoms. The second kappa shape index (κ2) is 17.8. The molecule has 0 rings (SSSR count). The Kier molecular flexibility index (Phi) is 31.4. The minimum atomic E-state index is -1.06. The topological polar surface area (TPSA) is 172 Å². The number of Topliss-reactive ketones (excluding diaryl/α,β-unsaturated/α-hetero) is 2. The molecule has 0 saturated carbocycles. The summed E-state index contributed by atoms with van der Waals surface area (Å²) in [5.74, 6) is -2.75. The Hall–Kier alpha value is -0.540. The van der Waals surface area contributed by atoms with Gasteiger partial charge in [0.05, 0.1) is 0 Å². The number of rotatable bonds is 4. The molecule has 0 bridgehead atoms. The van der Waals surface area contributed by atoms with Crippen molar-refractivity contribution in [3.05, 3.63) is 0 Å². The van der Waals surface area contributed by atoms with Crippen molar-refractivity contribution in [2.24, 2.45) is 0 Å². The first-order valence-corrected chi connectivity index (χ1v) is 3.68. The molecule has 0 aromatic carbocycles. The van der Waals surface area contributed by atoms with E-state index in [4.69, 9.17) is 10.2 Å². The molecular weight excluding hydrogens is 264 g/mol. The van der Waals surface area contributed by atoms with E-state index >= 15 is 0 Å². The van der Waals surface area contributed by atoms with Crippen molar-refractivity contribution in [3.63, 3.8) is 0 Å². The van der Waals surface area contributed by atoms with Gasteiger partial charge in [-0.05, 0) is 13.8 Å². The van der Waals surface area contributed by atoms with Crippen molar-refractivity contribution in [3.8, 4) is 0 Å². The molecule has 0 aromatic heterocycles. The van der Waals surface area contributed by atoms with Crippen LogP contribution in [0.5, 0.6) is 0 Å². The van der Waals surface area contributed by atoms with E-state index in [1.165, 1.54) is 13.8 Å². The van der Waals surface area contributed by atoms with E-state index in [9.17, 15) is 19.2 Å². The quantitative estimate of drug-likeness (QED) is 0.427. The number of carboxylic acids is 2. The summed E-state index contributed by atoms with van der Waals surface area (Å²) in [5.41, 5.74) is 0. The molecule has 0 aliphatic rings. The number of ketones is 2. The van der Waals surface area contributed by atoms with Crippen LogP contribution in [0.4, 0.5) is 0 Å². The summed E-state index contributed by atoms with van der Waals surface area (Å²) >= 11 is 0. The number of carboxylic acid groups (broad SMARTS) is 2. The fraction of sp³-hybridized carbons (Fsp3) is 0.500. The first-order valence-electron chi connectivity index (χ1n) is 3.68. The van der Waals surface area contributed by atoms with E-state index in [1.807, 2.05) is 0 Å². The van der Waals surface area contributed by atoms with Gasteiger partial charge >= 0.3 is 49.7 Å². The van der Waals surface area contributed by atoms with Crippen molar-refractivity contribution < 1.29 is 40.3 Å². The monoisotopic (exact) mass is 282 g/mol. The van der Waals surface area contributed by atoms with Crippen LogP contribution in [0.1, 0.15) is 26.7 Å². The van der Waals surface area contributed by atoms with Gasteiger partial charge in [-0.1, -0.05) is 0 Å². The molecule has 100 valence electrons. The number of hydrogen-bond donors (Lipinski definition) is 2. The van der Waals surface area contributed by atoms with E-state index in [1.54, 1.807) is 0 Å². The standard InChI is InChI=1S/2C4H6O3.Ca.2H2O.2H/c2*1-3(5)2-4(6)7;;;;;/h2*2H2,1H3,(H,6,7);;2*1H2;;. The molecule has 0 fully saturated rings. The first-order chi connectivity index (χ1) is 6.25. The zero-order valence-corrected chi connectivity index (χ0v) is 8.94. The summed E-state index contributed by atoms with van der Waals surface area (Å²) < 4.78 is 0. The molecule has 8 nitrogen and oxygen atoms in total. The van der Waals surface area contributed by atoms with Gasteiger partial charge in [-0.3, -0.25) is 19.2 Å². The zero-order chi connectivity index (χ0) is 11.7. The van der Waals surface area contributed by atoms with Crippen molar-refractivity contribution >= 4 is 61.2 Å². The summed E-state index contributed by atoms with van der Waals surface area (Å²) in [6.45, 7) is 2.49. The predicted octanol–water partition coefficient (Wildman–Crippen LogP) is -2.47. The van der Waals surface area contributed by atoms with Gasteiger partial charge in [0, 0.05) is 0 Å². The van der Waals surface area contributed by atoms with Gasteiger partial charge in [-0.2, -0.15) is 0 Å². The SMILES string of the molecule is CC(=O)CC(=O)O.CC(=O)CC(=O)O.O.O.[CaH2]. The Morgan fingerprint density at radius 2 is 0.941 bits per heavy atom. The molecule has 6 N–H and O–H groups in total. The maximum absolute atomic E-state index is 9.87. The summed E-state index contributed by atoms with van der Waals surface area (Å²) in [4.78, 5) is 38.9. The first kappa shape index (κ1) is 30.0. The molecule has 0 aromatic rings. The molecule has 0 saturated heterocycles. The van der Waals surface area contributed by atoms with Crippen LogP contribution in [0.15, 0.2) is 0 Å². The Bertz CT molecular complexity index is 200. The third kappa shape index (κ3) is 50.3. The summed E-state index contributed by atoms with van der Waals surface area (Å²) in [5, 5.41) is 15.7. The molecule has 0 aliphatic heterocycles. The fourth-order valence-corrected chi connectivity index (χ4v) is 0.426. The van der Waals surface area contributed by atoms with Gasteiger partial charge in [0.1, 0.15) is 24.4 Å². The van der Waals surface area contributed by atoms with Gasteiger partial charge < -0.3 is 21.2 Å². The van der Waals surface area contributed by atoms with Crippen LogP contribution in [-0.4, -0.2) is 82.4 Å². The van der Waals surface area contributed by atoms with Gasteiger partial charge in [-0.25, -0.2) is 0 Å². The molecular formula is C8H18CaO8. The van der Waals surface area contributed by atoms with Crippen LogP contribution in [0, 0.1) is 0 Å². The zero-order valence-electron chi connectivity index (χ0n) is 8.94. The maximum atomic E-state index is 9.87. The van der Waals surface area contributed by atoms with Gasteiger partial charge in [0.25, 0.3) is 0 Å². The average molecular weight is 282 g/mol. The third-order valence-electron chi connectivity index (χ3n) is 0.800. The Balaban J connectivity index is -0.0000000480. The van der Waals surface area contributed by atoms with Crippen LogP contribution in [-0.2, 0) is 19.2 Å². The Morgan fingerprint density at radius 1 is 0.765 bits per heavy atom. The van der Waals surface area contributed by atoms with E-state index < -0.39 is 11.9 Å². The molecule has 0 radical (unpaired) electrons. The average Bonchev–Trinajstić information content (AvgIpc) is 1.79. The van der Waals surface area contributed by atoms with Crippen LogP contribution in [0.25, 0.3) is 0 Å². The second-order valence-electron chi connectivity index (χ2n) is 2.55. The summed E-state index contributed by atoms with van der Waals surface area (Å²) in [6, 6.07) is 0. The second-order valence-corrected chi connectivity index (χ2v) is 2.55. The molecule has 0 atom stereocenters. The van der Waals surface area contributed by atoms with Gasteiger partial charge in [0.15, 0.2) is 0 Å². The molecule has 0 unspecified atom stereocenters. The van der Waals surface area contributed by atoms with E-state index in [-0.39, 0.29) is 73.1 Å². The van der Waals surface area contributed by atoms with Crippen molar-refractivity contribution in [1.29, 1.82) is 0 Å². The van der Waals surface area contributed by atoms with Crippen LogP contribution >= 0.6 is 0 Å². The molecule has 17 heavy (non-hydrogen) atoms. The van der Waals surface area contributed by atoms with Gasteiger partial charge in [-0.15, -0.1) is 0 Å².